The number of hydrogen-bond donors (Lipinski definition) is 4. The molecule has 0 aliphatic heterocycles. The van der Waals surface area contributed by atoms with Gasteiger partial charge in [-0.3, -0.25) is 0 Å². The van der Waals surface area contributed by atoms with Gasteiger partial charge in [0.15, 0.2) is 5.96 Å². The molecule has 0 spiro atoms. The Labute approximate surface area is 111 Å². The first-order valence-electron chi connectivity index (χ1n) is 5.83. The predicted molar refractivity (Wildman–Crippen MR) is 80.9 cm³/mol. The van der Waals surface area contributed by atoms with Crippen molar-refractivity contribution < 1.29 is 0 Å². The number of rotatable bonds is 2. The van der Waals surface area contributed by atoms with Gasteiger partial charge in [0.1, 0.15) is 0 Å². The maximum absolute atomic E-state index is 6.06. The predicted octanol–water partition coefficient (Wildman–Crippen LogP) is 1.73. The molecule has 2 rings (SSSR count). The number of nitrogens with two attached hydrogens (primary N) is 4. The van der Waals surface area contributed by atoms with Crippen molar-refractivity contribution in [3.8, 4) is 11.1 Å². The highest BCUT2D eigenvalue weighted by Crippen LogP contribution is 2.35. The Hall–Kier alpha value is -2.69. The van der Waals surface area contributed by atoms with E-state index in [4.69, 9.17) is 22.9 Å². The number of anilines is 2. The molecule has 0 amide bonds. The highest BCUT2D eigenvalue weighted by Gasteiger charge is 2.09. The van der Waals surface area contributed by atoms with Crippen molar-refractivity contribution in [2.45, 2.75) is 6.92 Å². The maximum Gasteiger partial charge on any atom is 0.191 e. The van der Waals surface area contributed by atoms with Crippen LogP contribution in [-0.2, 0) is 0 Å². The van der Waals surface area contributed by atoms with E-state index in [0.29, 0.717) is 17.1 Å². The van der Waals surface area contributed by atoms with Crippen LogP contribution in [0.5, 0.6) is 0 Å². The number of benzene rings is 2. The van der Waals surface area contributed by atoms with Gasteiger partial charge in [0.2, 0.25) is 0 Å². The first kappa shape index (κ1) is 12.8. The van der Waals surface area contributed by atoms with Crippen LogP contribution in [0.15, 0.2) is 41.4 Å². The molecule has 0 saturated heterocycles. The average Bonchev–Trinajstić information content (AvgIpc) is 2.34. The second kappa shape index (κ2) is 4.89. The molecule has 2 aromatic carbocycles. The first-order valence-corrected chi connectivity index (χ1v) is 5.83. The lowest BCUT2D eigenvalue weighted by molar-refractivity contribution is 1.41. The normalized spacial score (nSPS) is 10.2. The van der Waals surface area contributed by atoms with Gasteiger partial charge in [0.05, 0.1) is 11.4 Å². The molecule has 0 bridgehead atoms. The molecule has 5 nitrogen and oxygen atoms in total. The van der Waals surface area contributed by atoms with Crippen LogP contribution in [0.3, 0.4) is 0 Å². The summed E-state index contributed by atoms with van der Waals surface area (Å²) >= 11 is 0. The van der Waals surface area contributed by atoms with E-state index >= 15 is 0 Å². The summed E-state index contributed by atoms with van der Waals surface area (Å²) in [5, 5.41) is 0. The smallest absolute Gasteiger partial charge is 0.191 e. The highest BCUT2D eigenvalue weighted by atomic mass is 15.0. The molecular weight excluding hydrogens is 238 g/mol. The lowest BCUT2D eigenvalue weighted by Gasteiger charge is -2.11. The van der Waals surface area contributed by atoms with Gasteiger partial charge in [0, 0.05) is 11.3 Å². The molecule has 0 heterocycles. The molecule has 0 radical (unpaired) electrons. The third-order valence-corrected chi connectivity index (χ3v) is 2.88. The van der Waals surface area contributed by atoms with Gasteiger partial charge in [0.25, 0.3) is 0 Å². The van der Waals surface area contributed by atoms with E-state index < -0.39 is 0 Å². The van der Waals surface area contributed by atoms with Gasteiger partial charge in [-0.2, -0.15) is 0 Å². The minimum atomic E-state index is -0.0465. The van der Waals surface area contributed by atoms with Gasteiger partial charge >= 0.3 is 0 Å². The number of hydrogen-bond acceptors (Lipinski definition) is 3. The molecule has 0 unspecified atom stereocenters. The third-order valence-electron chi connectivity index (χ3n) is 2.88. The van der Waals surface area contributed by atoms with Gasteiger partial charge in [-0.25, -0.2) is 4.99 Å². The number of aliphatic imine (C=N–C) groups is 1. The van der Waals surface area contributed by atoms with Crippen molar-refractivity contribution in [2.75, 3.05) is 11.5 Å². The second-order valence-electron chi connectivity index (χ2n) is 4.35. The summed E-state index contributed by atoms with van der Waals surface area (Å²) in [6, 6.07) is 11.4. The van der Waals surface area contributed by atoms with Crippen LogP contribution in [0.1, 0.15) is 5.56 Å². The second-order valence-corrected chi connectivity index (χ2v) is 4.35. The van der Waals surface area contributed by atoms with Crippen LogP contribution in [0.4, 0.5) is 17.1 Å². The molecule has 2 aromatic rings. The number of aryl methyl sites for hydroxylation is 1. The Kier molecular flexibility index (Phi) is 3.29. The highest BCUT2D eigenvalue weighted by molar-refractivity contribution is 5.88. The van der Waals surface area contributed by atoms with E-state index in [0.717, 1.165) is 16.7 Å². The molecule has 0 aliphatic carbocycles. The largest absolute Gasteiger partial charge is 0.398 e. The van der Waals surface area contributed by atoms with Crippen molar-refractivity contribution in [1.82, 2.24) is 0 Å². The van der Waals surface area contributed by atoms with Crippen LogP contribution < -0.4 is 22.9 Å². The zero-order valence-electron chi connectivity index (χ0n) is 10.7. The van der Waals surface area contributed by atoms with Crippen molar-refractivity contribution in [2.24, 2.45) is 16.5 Å². The van der Waals surface area contributed by atoms with Crippen LogP contribution in [0.2, 0.25) is 0 Å². The van der Waals surface area contributed by atoms with Crippen LogP contribution >= 0.6 is 0 Å². The van der Waals surface area contributed by atoms with Crippen molar-refractivity contribution in [1.29, 1.82) is 0 Å². The Balaban J connectivity index is 2.59. The lowest BCUT2D eigenvalue weighted by atomic mass is 9.98. The fourth-order valence-electron chi connectivity index (χ4n) is 1.97. The summed E-state index contributed by atoms with van der Waals surface area (Å²) in [5.74, 6) is -0.0465. The lowest BCUT2D eigenvalue weighted by Crippen LogP contribution is -2.22. The summed E-state index contributed by atoms with van der Waals surface area (Å²) in [5.41, 5.74) is 27.3. The summed E-state index contributed by atoms with van der Waals surface area (Å²) in [7, 11) is 0. The molecular formula is C14H17N5. The van der Waals surface area contributed by atoms with Crippen molar-refractivity contribution in [3.05, 3.63) is 42.0 Å². The molecule has 0 saturated carbocycles. The Morgan fingerprint density at radius 2 is 1.63 bits per heavy atom. The van der Waals surface area contributed by atoms with Crippen molar-refractivity contribution in [3.63, 3.8) is 0 Å². The zero-order chi connectivity index (χ0) is 14.0. The standard InChI is InChI=1S/C14H17N5/c1-8-4-2-3-5-9(8)10-6-12(16)13(7-11(10)15)19-14(17)18/h2-7H,15-16H2,1H3,(H4,17,18,19). The Bertz CT molecular complexity index is 642. The van der Waals surface area contributed by atoms with Gasteiger partial charge in [-0.15, -0.1) is 0 Å². The topological polar surface area (TPSA) is 116 Å². The minimum absolute atomic E-state index is 0.0465. The van der Waals surface area contributed by atoms with Crippen LogP contribution in [0.25, 0.3) is 11.1 Å². The van der Waals surface area contributed by atoms with Gasteiger partial charge < -0.3 is 22.9 Å². The number of nitrogen functional groups attached to an aromatic ring is 2. The molecule has 0 aromatic heterocycles. The van der Waals surface area contributed by atoms with E-state index in [1.807, 2.05) is 31.2 Å². The van der Waals surface area contributed by atoms with Crippen LogP contribution in [0, 0.1) is 6.92 Å². The molecule has 19 heavy (non-hydrogen) atoms. The SMILES string of the molecule is Cc1ccccc1-c1cc(N)c(N=C(N)N)cc1N. The molecule has 0 fully saturated rings. The van der Waals surface area contributed by atoms with Crippen molar-refractivity contribution >= 4 is 23.0 Å². The maximum atomic E-state index is 6.06. The summed E-state index contributed by atoms with van der Waals surface area (Å²) < 4.78 is 0. The Morgan fingerprint density at radius 3 is 2.26 bits per heavy atom. The fourth-order valence-corrected chi connectivity index (χ4v) is 1.97. The van der Waals surface area contributed by atoms with E-state index in [2.05, 4.69) is 4.99 Å². The van der Waals surface area contributed by atoms with E-state index in [1.165, 1.54) is 0 Å². The quantitative estimate of drug-likeness (QED) is 0.371. The average molecular weight is 255 g/mol. The monoisotopic (exact) mass is 255 g/mol. The van der Waals surface area contributed by atoms with Gasteiger partial charge in [-0.05, 0) is 30.2 Å². The molecule has 0 aliphatic rings. The Morgan fingerprint density at radius 1 is 0.947 bits per heavy atom. The van der Waals surface area contributed by atoms with E-state index in [-0.39, 0.29) is 5.96 Å². The first-order chi connectivity index (χ1) is 8.99. The summed E-state index contributed by atoms with van der Waals surface area (Å²) in [6.45, 7) is 2.02. The molecule has 0 atom stereocenters. The molecule has 98 valence electrons. The van der Waals surface area contributed by atoms with Gasteiger partial charge in [-0.1, -0.05) is 24.3 Å². The fraction of sp³-hybridized carbons (Fsp3) is 0.0714. The third kappa shape index (κ3) is 2.60. The van der Waals surface area contributed by atoms with E-state index in [1.54, 1.807) is 12.1 Å². The van der Waals surface area contributed by atoms with Crippen LogP contribution in [-0.4, -0.2) is 5.96 Å². The molecule has 5 heteroatoms. The number of guanidine groups is 1. The zero-order valence-corrected chi connectivity index (χ0v) is 10.7. The minimum Gasteiger partial charge on any atom is -0.398 e. The van der Waals surface area contributed by atoms with E-state index in [9.17, 15) is 0 Å². The molecule has 8 N–H and O–H groups in total. The number of nitrogens with zero attached hydrogens (tertiary/aromatic N) is 1. The summed E-state index contributed by atoms with van der Waals surface area (Å²) in [6.07, 6.45) is 0. The summed E-state index contributed by atoms with van der Waals surface area (Å²) in [4.78, 5) is 3.94.